The maximum absolute atomic E-state index is 12.4. The highest BCUT2D eigenvalue weighted by molar-refractivity contribution is 7.14. The van der Waals surface area contributed by atoms with Crippen LogP contribution in [0, 0.1) is 0 Å². The second-order valence-corrected chi connectivity index (χ2v) is 10.8. The molecule has 2 aromatic heterocycles. The van der Waals surface area contributed by atoms with Crippen LogP contribution in [0.1, 0.15) is 33.5 Å². The van der Waals surface area contributed by atoms with E-state index < -0.39 is 5.97 Å². The fourth-order valence-electron chi connectivity index (χ4n) is 5.10. The first-order chi connectivity index (χ1) is 20.0. The SMILES string of the molecule is O=C(O)CCNC(=O)c1ccc(CN(c2nc(-c3cc(-c4ccccc4)no3)cs2)C2Cc3ccccc3C2)cc1. The van der Waals surface area contributed by atoms with Gasteiger partial charge in [-0.2, -0.15) is 0 Å². The van der Waals surface area contributed by atoms with E-state index in [1.54, 1.807) is 23.5 Å². The van der Waals surface area contributed by atoms with Gasteiger partial charge in [-0.15, -0.1) is 11.3 Å². The zero-order valence-corrected chi connectivity index (χ0v) is 23.0. The Kier molecular flexibility index (Phi) is 7.60. The molecule has 5 aromatic rings. The van der Waals surface area contributed by atoms with Crippen molar-refractivity contribution in [2.45, 2.75) is 31.8 Å². The summed E-state index contributed by atoms with van der Waals surface area (Å²) >= 11 is 1.58. The number of hydrogen-bond donors (Lipinski definition) is 2. The van der Waals surface area contributed by atoms with Gasteiger partial charge in [-0.25, -0.2) is 4.98 Å². The minimum Gasteiger partial charge on any atom is -0.481 e. The normalized spacial score (nSPS) is 12.7. The third-order valence-electron chi connectivity index (χ3n) is 7.23. The zero-order valence-electron chi connectivity index (χ0n) is 22.2. The highest BCUT2D eigenvalue weighted by atomic mass is 32.1. The Morgan fingerprint density at radius 3 is 2.37 bits per heavy atom. The predicted molar refractivity (Wildman–Crippen MR) is 158 cm³/mol. The lowest BCUT2D eigenvalue weighted by atomic mass is 10.1. The number of rotatable bonds is 10. The van der Waals surface area contributed by atoms with Gasteiger partial charge in [0.2, 0.25) is 0 Å². The molecule has 0 unspecified atom stereocenters. The van der Waals surface area contributed by atoms with Crippen LogP contribution < -0.4 is 10.2 Å². The van der Waals surface area contributed by atoms with E-state index in [4.69, 9.17) is 14.6 Å². The van der Waals surface area contributed by atoms with E-state index in [0.717, 1.165) is 40.5 Å². The van der Waals surface area contributed by atoms with Gasteiger partial charge < -0.3 is 19.8 Å². The van der Waals surface area contributed by atoms with E-state index in [9.17, 15) is 9.59 Å². The van der Waals surface area contributed by atoms with Crippen LogP contribution in [-0.2, 0) is 24.2 Å². The summed E-state index contributed by atoms with van der Waals surface area (Å²) in [5, 5.41) is 18.6. The van der Waals surface area contributed by atoms with Crippen LogP contribution in [0.3, 0.4) is 0 Å². The van der Waals surface area contributed by atoms with E-state index in [0.29, 0.717) is 17.9 Å². The molecule has 41 heavy (non-hydrogen) atoms. The molecule has 0 saturated heterocycles. The van der Waals surface area contributed by atoms with Crippen LogP contribution in [0.2, 0.25) is 0 Å². The molecule has 0 saturated carbocycles. The molecule has 206 valence electrons. The third kappa shape index (κ3) is 6.05. The number of thiazole rings is 1. The largest absolute Gasteiger partial charge is 0.481 e. The third-order valence-corrected chi connectivity index (χ3v) is 8.11. The van der Waals surface area contributed by atoms with Gasteiger partial charge in [0.1, 0.15) is 11.4 Å². The average Bonchev–Trinajstić information content (AvgIpc) is 3.76. The summed E-state index contributed by atoms with van der Waals surface area (Å²) in [5.74, 6) is -0.605. The van der Waals surface area contributed by atoms with Crippen LogP contribution in [0.15, 0.2) is 94.8 Å². The van der Waals surface area contributed by atoms with E-state index in [2.05, 4.69) is 39.6 Å². The molecule has 1 aliphatic rings. The molecule has 6 rings (SSSR count). The van der Waals surface area contributed by atoms with E-state index >= 15 is 0 Å². The Bertz CT molecular complexity index is 1640. The molecule has 0 aliphatic heterocycles. The Morgan fingerprint density at radius 1 is 0.951 bits per heavy atom. The number of carboxylic acids is 1. The van der Waals surface area contributed by atoms with Gasteiger partial charge in [0.05, 0.1) is 6.42 Å². The summed E-state index contributed by atoms with van der Waals surface area (Å²) < 4.78 is 5.67. The molecule has 0 radical (unpaired) electrons. The number of carbonyl (C=O) groups is 2. The fourth-order valence-corrected chi connectivity index (χ4v) is 5.99. The van der Waals surface area contributed by atoms with Crippen molar-refractivity contribution in [1.29, 1.82) is 0 Å². The molecule has 0 fully saturated rings. The first-order valence-electron chi connectivity index (χ1n) is 13.4. The van der Waals surface area contributed by atoms with Gasteiger partial charge in [-0.05, 0) is 41.7 Å². The molecule has 0 atom stereocenters. The van der Waals surface area contributed by atoms with Crippen molar-refractivity contribution in [3.8, 4) is 22.7 Å². The lowest BCUT2D eigenvalue weighted by Crippen LogP contribution is -2.35. The number of carbonyl (C=O) groups excluding carboxylic acids is 1. The van der Waals surface area contributed by atoms with Crippen molar-refractivity contribution in [1.82, 2.24) is 15.5 Å². The number of hydrogen-bond acceptors (Lipinski definition) is 7. The Hall–Kier alpha value is -4.76. The first kappa shape index (κ1) is 26.5. The molecule has 2 N–H and O–H groups in total. The Balaban J connectivity index is 1.23. The number of fused-ring (bicyclic) bond motifs is 1. The minimum absolute atomic E-state index is 0.0936. The number of benzene rings is 3. The van der Waals surface area contributed by atoms with Gasteiger partial charge in [-0.1, -0.05) is 71.9 Å². The quantitative estimate of drug-likeness (QED) is 0.219. The van der Waals surface area contributed by atoms with Crippen molar-refractivity contribution in [2.24, 2.45) is 0 Å². The van der Waals surface area contributed by atoms with Gasteiger partial charge >= 0.3 is 5.97 Å². The second-order valence-electron chi connectivity index (χ2n) is 10.0. The molecular weight excluding hydrogens is 536 g/mol. The number of carboxylic acid groups (broad SMARTS) is 1. The predicted octanol–water partition coefficient (Wildman–Crippen LogP) is 5.84. The summed E-state index contributed by atoms with van der Waals surface area (Å²) in [6, 6.07) is 28.1. The minimum atomic E-state index is -0.944. The number of anilines is 1. The van der Waals surface area contributed by atoms with Crippen molar-refractivity contribution in [3.63, 3.8) is 0 Å². The number of aliphatic carboxylic acids is 1. The number of nitrogens with zero attached hydrogens (tertiary/aromatic N) is 3. The van der Waals surface area contributed by atoms with Crippen LogP contribution in [0.4, 0.5) is 5.13 Å². The highest BCUT2D eigenvalue weighted by Gasteiger charge is 2.29. The highest BCUT2D eigenvalue weighted by Crippen LogP contribution is 2.35. The molecule has 1 aliphatic carbocycles. The monoisotopic (exact) mass is 564 g/mol. The van der Waals surface area contributed by atoms with Gasteiger partial charge in [-0.3, -0.25) is 9.59 Å². The van der Waals surface area contributed by atoms with Crippen LogP contribution in [0.25, 0.3) is 22.7 Å². The Morgan fingerprint density at radius 2 is 1.66 bits per heavy atom. The molecule has 8 nitrogen and oxygen atoms in total. The van der Waals surface area contributed by atoms with E-state index in [1.165, 1.54) is 11.1 Å². The zero-order chi connectivity index (χ0) is 28.2. The molecule has 3 aromatic carbocycles. The van der Waals surface area contributed by atoms with Crippen molar-refractivity contribution in [2.75, 3.05) is 11.4 Å². The van der Waals surface area contributed by atoms with Crippen LogP contribution in [0.5, 0.6) is 0 Å². The van der Waals surface area contributed by atoms with Gasteiger partial charge in [0, 0.05) is 41.7 Å². The molecule has 0 bridgehead atoms. The van der Waals surface area contributed by atoms with Crippen LogP contribution >= 0.6 is 11.3 Å². The molecule has 0 spiro atoms. The lowest BCUT2D eigenvalue weighted by Gasteiger charge is -2.29. The van der Waals surface area contributed by atoms with Crippen molar-refractivity contribution in [3.05, 3.63) is 113 Å². The molecule has 9 heteroatoms. The van der Waals surface area contributed by atoms with E-state index in [1.807, 2.05) is 53.9 Å². The molecule has 2 heterocycles. The summed E-state index contributed by atoms with van der Waals surface area (Å²) in [6.45, 7) is 0.717. The van der Waals surface area contributed by atoms with Crippen LogP contribution in [-0.4, -0.2) is 39.7 Å². The standard InChI is InChI=1S/C32H28N4O4S/c37-30(38)14-15-33-31(39)23-12-10-21(11-13-23)19-36(26-16-24-8-4-5-9-25(24)17-26)32-34-28(20-41-32)29-18-27(35-40-29)22-6-2-1-3-7-22/h1-13,18,20,26H,14-17,19H2,(H,33,39)(H,37,38). The number of aromatic nitrogens is 2. The molecular formula is C32H28N4O4S. The smallest absolute Gasteiger partial charge is 0.305 e. The second kappa shape index (κ2) is 11.8. The van der Waals surface area contributed by atoms with E-state index in [-0.39, 0.29) is 24.9 Å². The fraction of sp³-hybridized carbons (Fsp3) is 0.188. The maximum atomic E-state index is 12.4. The first-order valence-corrected chi connectivity index (χ1v) is 14.3. The lowest BCUT2D eigenvalue weighted by molar-refractivity contribution is -0.136. The summed E-state index contributed by atoms with van der Waals surface area (Å²) in [7, 11) is 0. The topological polar surface area (TPSA) is 109 Å². The summed E-state index contributed by atoms with van der Waals surface area (Å²) in [5.41, 5.74) is 6.76. The van der Waals surface area contributed by atoms with Crippen molar-refractivity contribution >= 4 is 28.3 Å². The number of amides is 1. The average molecular weight is 565 g/mol. The molecule has 1 amide bonds. The maximum Gasteiger partial charge on any atom is 0.305 e. The number of nitrogens with one attached hydrogen (secondary N) is 1. The van der Waals surface area contributed by atoms with Gasteiger partial charge in [0.15, 0.2) is 10.9 Å². The Labute approximate surface area is 241 Å². The summed E-state index contributed by atoms with van der Waals surface area (Å²) in [6.07, 6.45) is 1.74. The summed E-state index contributed by atoms with van der Waals surface area (Å²) in [4.78, 5) is 30.5. The van der Waals surface area contributed by atoms with Crippen molar-refractivity contribution < 1.29 is 19.2 Å². The van der Waals surface area contributed by atoms with Gasteiger partial charge in [0.25, 0.3) is 5.91 Å².